The van der Waals surface area contributed by atoms with Crippen molar-refractivity contribution < 1.29 is 13.9 Å². The van der Waals surface area contributed by atoms with E-state index >= 15 is 0 Å². The van der Waals surface area contributed by atoms with E-state index in [4.69, 9.17) is 4.74 Å². The summed E-state index contributed by atoms with van der Waals surface area (Å²) in [6.07, 6.45) is -0.796. The smallest absolute Gasteiger partial charge is 0.279 e. The van der Waals surface area contributed by atoms with Crippen LogP contribution >= 0.6 is 15.9 Å². The van der Waals surface area contributed by atoms with Gasteiger partial charge in [0, 0.05) is 11.4 Å². The fourth-order valence-electron chi connectivity index (χ4n) is 1.82. The molecule has 1 atom stereocenters. The van der Waals surface area contributed by atoms with Gasteiger partial charge in [-0.2, -0.15) is 0 Å². The molecule has 6 nitrogen and oxygen atoms in total. The number of anilines is 1. The molecule has 8 heteroatoms. The maximum absolute atomic E-state index is 13.0. The molecule has 0 aliphatic carbocycles. The molecule has 1 heterocycles. The third kappa shape index (κ3) is 4.88. The number of carbonyl (C=O) groups excluding carboxylic acids is 1. The lowest BCUT2D eigenvalue weighted by atomic mass is 10.3. The molecular formula is C15H16BrFN4O2. The Balaban J connectivity index is 1.94. The Bertz CT molecular complexity index is 706. The van der Waals surface area contributed by atoms with Crippen molar-refractivity contribution in [2.75, 3.05) is 5.43 Å². The Kier molecular flexibility index (Phi) is 5.49. The van der Waals surface area contributed by atoms with Gasteiger partial charge in [0.15, 0.2) is 6.10 Å². The molecule has 1 amide bonds. The largest absolute Gasteiger partial charge is 0.480 e. The predicted molar refractivity (Wildman–Crippen MR) is 87.5 cm³/mol. The first-order valence-electron chi connectivity index (χ1n) is 6.85. The minimum absolute atomic E-state index is 0.297. The zero-order valence-electron chi connectivity index (χ0n) is 12.9. The van der Waals surface area contributed by atoms with Gasteiger partial charge in [0.05, 0.1) is 4.47 Å². The summed E-state index contributed by atoms with van der Waals surface area (Å²) in [6, 6.07) is 5.79. The normalized spacial score (nSPS) is 11.7. The highest BCUT2D eigenvalue weighted by molar-refractivity contribution is 9.10. The molecule has 1 aromatic heterocycles. The zero-order chi connectivity index (χ0) is 17.0. The second-order valence-electron chi connectivity index (χ2n) is 4.92. The summed E-state index contributed by atoms with van der Waals surface area (Å²) in [5.74, 6) is -0.137. The lowest BCUT2D eigenvalue weighted by Crippen LogP contribution is -2.40. The van der Waals surface area contributed by atoms with Gasteiger partial charge in [0.1, 0.15) is 11.6 Å². The van der Waals surface area contributed by atoms with Crippen molar-refractivity contribution in [3.8, 4) is 5.75 Å². The van der Waals surface area contributed by atoms with Crippen molar-refractivity contribution in [2.45, 2.75) is 26.9 Å². The van der Waals surface area contributed by atoms with Crippen molar-refractivity contribution in [1.82, 2.24) is 15.4 Å². The number of aryl methyl sites for hydroxylation is 2. The number of amides is 1. The van der Waals surface area contributed by atoms with Crippen LogP contribution in [-0.4, -0.2) is 22.0 Å². The van der Waals surface area contributed by atoms with Crippen LogP contribution in [-0.2, 0) is 4.79 Å². The summed E-state index contributed by atoms with van der Waals surface area (Å²) < 4.78 is 19.0. The minimum Gasteiger partial charge on any atom is -0.480 e. The average molecular weight is 383 g/mol. The first kappa shape index (κ1) is 17.1. The van der Waals surface area contributed by atoms with Crippen molar-refractivity contribution in [1.29, 1.82) is 0 Å². The van der Waals surface area contributed by atoms with Gasteiger partial charge in [-0.3, -0.25) is 15.6 Å². The van der Waals surface area contributed by atoms with Gasteiger partial charge in [0.25, 0.3) is 5.91 Å². The number of benzene rings is 1. The number of ether oxygens (including phenoxy) is 1. The van der Waals surface area contributed by atoms with Gasteiger partial charge in [-0.1, -0.05) is 0 Å². The van der Waals surface area contributed by atoms with E-state index in [1.165, 1.54) is 18.2 Å². The van der Waals surface area contributed by atoms with Crippen LogP contribution in [0.3, 0.4) is 0 Å². The molecule has 1 aromatic carbocycles. The summed E-state index contributed by atoms with van der Waals surface area (Å²) in [4.78, 5) is 20.3. The first-order chi connectivity index (χ1) is 10.8. The number of carbonyl (C=O) groups is 1. The number of rotatable bonds is 5. The maximum Gasteiger partial charge on any atom is 0.279 e. The maximum atomic E-state index is 13.0. The van der Waals surface area contributed by atoms with Crippen LogP contribution in [0.4, 0.5) is 10.3 Å². The molecule has 0 saturated carbocycles. The monoisotopic (exact) mass is 382 g/mol. The lowest BCUT2D eigenvalue weighted by Gasteiger charge is -2.16. The fraction of sp³-hybridized carbons (Fsp3) is 0.267. The molecule has 0 radical (unpaired) electrons. The number of nitrogens with zero attached hydrogens (tertiary/aromatic N) is 2. The summed E-state index contributed by atoms with van der Waals surface area (Å²) in [5.41, 5.74) is 6.69. The molecule has 23 heavy (non-hydrogen) atoms. The standard InChI is InChI=1S/C15H16BrFN4O2/c1-8-6-9(2)19-15(18-8)21-20-14(22)10(3)23-13-5-4-11(17)7-12(13)16/h4-7,10H,1-3H3,(H,20,22)(H,18,19,21). The summed E-state index contributed by atoms with van der Waals surface area (Å²) in [7, 11) is 0. The van der Waals surface area contributed by atoms with Gasteiger partial charge in [-0.15, -0.1) is 0 Å². The quantitative estimate of drug-likeness (QED) is 0.777. The third-order valence-electron chi connectivity index (χ3n) is 2.85. The van der Waals surface area contributed by atoms with Crippen molar-refractivity contribution in [3.63, 3.8) is 0 Å². The van der Waals surface area contributed by atoms with E-state index in [0.717, 1.165) is 11.4 Å². The van der Waals surface area contributed by atoms with E-state index < -0.39 is 17.8 Å². The molecule has 0 bridgehead atoms. The van der Waals surface area contributed by atoms with E-state index in [1.807, 2.05) is 19.9 Å². The topological polar surface area (TPSA) is 76.1 Å². The van der Waals surface area contributed by atoms with Gasteiger partial charge in [-0.25, -0.2) is 14.4 Å². The van der Waals surface area contributed by atoms with Crippen LogP contribution in [0.2, 0.25) is 0 Å². The summed E-state index contributed by atoms with van der Waals surface area (Å²) in [5, 5.41) is 0. The molecule has 0 saturated heterocycles. The van der Waals surface area contributed by atoms with Crippen molar-refractivity contribution in [2.24, 2.45) is 0 Å². The molecule has 122 valence electrons. The molecular weight excluding hydrogens is 367 g/mol. The zero-order valence-corrected chi connectivity index (χ0v) is 14.4. The van der Waals surface area contributed by atoms with E-state index in [2.05, 4.69) is 36.7 Å². The Morgan fingerprint density at radius 2 is 1.91 bits per heavy atom. The lowest BCUT2D eigenvalue weighted by molar-refractivity contribution is -0.126. The predicted octanol–water partition coefficient (Wildman–Crippen LogP) is 2.91. The third-order valence-corrected chi connectivity index (χ3v) is 3.47. The van der Waals surface area contributed by atoms with Crippen LogP contribution in [0.1, 0.15) is 18.3 Å². The van der Waals surface area contributed by atoms with Crippen LogP contribution in [0.15, 0.2) is 28.7 Å². The molecule has 0 fully saturated rings. The number of nitrogens with one attached hydrogen (secondary N) is 2. The summed E-state index contributed by atoms with van der Waals surface area (Å²) >= 11 is 3.18. The number of halogens is 2. The van der Waals surface area contributed by atoms with E-state index in [1.54, 1.807) is 6.92 Å². The molecule has 0 spiro atoms. The van der Waals surface area contributed by atoms with E-state index in [-0.39, 0.29) is 0 Å². The fourth-order valence-corrected chi connectivity index (χ4v) is 2.26. The second-order valence-corrected chi connectivity index (χ2v) is 5.78. The molecule has 1 unspecified atom stereocenters. The Labute approximate surface area is 141 Å². The van der Waals surface area contributed by atoms with Crippen LogP contribution in [0.25, 0.3) is 0 Å². The van der Waals surface area contributed by atoms with Crippen LogP contribution in [0, 0.1) is 19.7 Å². The van der Waals surface area contributed by atoms with Gasteiger partial charge in [0.2, 0.25) is 5.95 Å². The van der Waals surface area contributed by atoms with Crippen LogP contribution < -0.4 is 15.6 Å². The highest BCUT2D eigenvalue weighted by Crippen LogP contribution is 2.26. The van der Waals surface area contributed by atoms with Gasteiger partial charge < -0.3 is 4.74 Å². The number of hydrogen-bond acceptors (Lipinski definition) is 5. The molecule has 2 rings (SSSR count). The minimum atomic E-state index is -0.796. The van der Waals surface area contributed by atoms with Crippen molar-refractivity contribution >= 4 is 27.8 Å². The van der Waals surface area contributed by atoms with E-state index in [9.17, 15) is 9.18 Å². The molecule has 2 N–H and O–H groups in total. The van der Waals surface area contributed by atoms with Crippen LogP contribution in [0.5, 0.6) is 5.75 Å². The van der Waals surface area contributed by atoms with Gasteiger partial charge in [-0.05, 0) is 61.0 Å². The second kappa shape index (κ2) is 7.36. The Hall–Kier alpha value is -2.22. The van der Waals surface area contributed by atoms with E-state index in [0.29, 0.717) is 16.2 Å². The molecule has 2 aromatic rings. The number of hydrogen-bond donors (Lipinski definition) is 2. The molecule has 0 aliphatic rings. The Morgan fingerprint density at radius 1 is 1.26 bits per heavy atom. The van der Waals surface area contributed by atoms with Gasteiger partial charge >= 0.3 is 0 Å². The first-order valence-corrected chi connectivity index (χ1v) is 7.64. The molecule has 0 aliphatic heterocycles. The highest BCUT2D eigenvalue weighted by Gasteiger charge is 2.16. The highest BCUT2D eigenvalue weighted by atomic mass is 79.9. The van der Waals surface area contributed by atoms with Crippen molar-refractivity contribution in [3.05, 3.63) is 45.9 Å². The average Bonchev–Trinajstić information content (AvgIpc) is 2.46. The SMILES string of the molecule is Cc1cc(C)nc(NNC(=O)C(C)Oc2ccc(F)cc2Br)n1. The number of hydrazine groups is 1. The Morgan fingerprint density at radius 3 is 2.52 bits per heavy atom. The summed E-state index contributed by atoms with van der Waals surface area (Å²) in [6.45, 7) is 5.24. The number of aromatic nitrogens is 2.